The van der Waals surface area contributed by atoms with Crippen molar-refractivity contribution < 1.29 is 9.59 Å². The third-order valence-corrected chi connectivity index (χ3v) is 8.84. The Labute approximate surface area is 231 Å². The summed E-state index contributed by atoms with van der Waals surface area (Å²) in [6.07, 6.45) is 10.4. The van der Waals surface area contributed by atoms with Crippen molar-refractivity contribution in [1.29, 1.82) is 0 Å². The number of rotatable bonds is 10. The van der Waals surface area contributed by atoms with Gasteiger partial charge in [-0.25, -0.2) is 4.68 Å². The van der Waals surface area contributed by atoms with Crippen molar-refractivity contribution >= 4 is 11.8 Å². The molecule has 3 aromatic rings. The number of hydrogen-bond acceptors (Lipinski definition) is 4. The fraction of sp³-hybridized carbons (Fsp3) is 0.469. The minimum Gasteiger partial charge on any atom is -0.349 e. The van der Waals surface area contributed by atoms with Gasteiger partial charge in [0.1, 0.15) is 0 Å². The van der Waals surface area contributed by atoms with Crippen LogP contribution >= 0.6 is 0 Å². The zero-order chi connectivity index (χ0) is 26.7. The number of carbonyl (C=O) groups excluding carboxylic acids is 2. The molecule has 1 N–H and O–H groups in total. The molecule has 2 aliphatic heterocycles. The lowest BCUT2D eigenvalue weighted by atomic mass is 9.77. The van der Waals surface area contributed by atoms with Gasteiger partial charge in [-0.05, 0) is 85.9 Å². The zero-order valence-electron chi connectivity index (χ0n) is 22.7. The Bertz CT molecular complexity index is 1250. The molecule has 1 saturated carbocycles. The highest BCUT2D eigenvalue weighted by Crippen LogP contribution is 2.41. The van der Waals surface area contributed by atoms with Gasteiger partial charge in [0.25, 0.3) is 0 Å². The maximum Gasteiger partial charge on any atom is 0.223 e. The molecule has 1 aromatic heterocycles. The first-order valence-corrected chi connectivity index (χ1v) is 14.5. The first kappa shape index (κ1) is 25.8. The van der Waals surface area contributed by atoms with Crippen molar-refractivity contribution in [3.8, 4) is 5.69 Å². The number of hydrogen-bond donors (Lipinski definition) is 1. The summed E-state index contributed by atoms with van der Waals surface area (Å²) in [4.78, 5) is 30.2. The van der Waals surface area contributed by atoms with Crippen LogP contribution in [0.15, 0.2) is 73.1 Å². The van der Waals surface area contributed by atoms with E-state index in [0.29, 0.717) is 25.3 Å². The molecule has 1 atom stereocenters. The van der Waals surface area contributed by atoms with Crippen LogP contribution in [0.3, 0.4) is 0 Å². The Kier molecular flexibility index (Phi) is 7.51. The van der Waals surface area contributed by atoms with Crippen molar-refractivity contribution in [2.75, 3.05) is 26.2 Å². The Balaban J connectivity index is 1.00. The number of aromatic nitrogens is 2. The van der Waals surface area contributed by atoms with Gasteiger partial charge >= 0.3 is 0 Å². The number of benzene rings is 2. The van der Waals surface area contributed by atoms with E-state index in [-0.39, 0.29) is 23.3 Å². The molecular weight excluding hydrogens is 486 g/mol. The van der Waals surface area contributed by atoms with Crippen molar-refractivity contribution in [1.82, 2.24) is 24.9 Å². The lowest BCUT2D eigenvalue weighted by Gasteiger charge is -2.39. The fourth-order valence-electron chi connectivity index (χ4n) is 6.26. The van der Waals surface area contributed by atoms with E-state index in [9.17, 15) is 9.59 Å². The molecule has 39 heavy (non-hydrogen) atoms. The van der Waals surface area contributed by atoms with Gasteiger partial charge < -0.3 is 15.1 Å². The summed E-state index contributed by atoms with van der Waals surface area (Å²) < 4.78 is 1.84. The second kappa shape index (κ2) is 11.3. The molecule has 3 fully saturated rings. The van der Waals surface area contributed by atoms with Crippen LogP contribution < -0.4 is 5.32 Å². The number of carbonyl (C=O) groups is 2. The minimum atomic E-state index is 0.0524. The van der Waals surface area contributed by atoms with Gasteiger partial charge in [-0.1, -0.05) is 42.5 Å². The van der Waals surface area contributed by atoms with Crippen LogP contribution in [0.2, 0.25) is 0 Å². The van der Waals surface area contributed by atoms with Crippen molar-refractivity contribution in [2.45, 2.75) is 57.5 Å². The molecule has 7 heteroatoms. The van der Waals surface area contributed by atoms with Crippen molar-refractivity contribution in [2.24, 2.45) is 11.3 Å². The molecule has 6 rings (SSSR count). The largest absolute Gasteiger partial charge is 0.349 e. The smallest absolute Gasteiger partial charge is 0.223 e. The van der Waals surface area contributed by atoms with Gasteiger partial charge in [0.15, 0.2) is 0 Å². The topological polar surface area (TPSA) is 70.5 Å². The molecular formula is C32H39N5O2. The summed E-state index contributed by atoms with van der Waals surface area (Å²) in [5, 5.41) is 7.60. The maximum absolute atomic E-state index is 13.0. The second-order valence-corrected chi connectivity index (χ2v) is 11.9. The first-order valence-electron chi connectivity index (χ1n) is 14.5. The Hall–Kier alpha value is -3.45. The standard InChI is InChI=1S/C32H39N5O2/c38-30(21-25-7-8-25)34-29(27-5-2-1-3-6-27)13-18-35-19-14-32(15-20-35)22-31(39)36(24-32)23-26-9-11-28(12-10-26)37-17-4-16-33-37/h1-6,9-12,16-17,25,29H,7-8,13-15,18-24H2,(H,34,38). The van der Waals surface area contributed by atoms with E-state index in [2.05, 4.69) is 68.7 Å². The van der Waals surface area contributed by atoms with Gasteiger partial charge in [-0.3, -0.25) is 9.59 Å². The Morgan fingerprint density at radius 3 is 2.49 bits per heavy atom. The summed E-state index contributed by atoms with van der Waals surface area (Å²) in [5.74, 6) is 1.06. The van der Waals surface area contributed by atoms with E-state index in [1.807, 2.05) is 23.0 Å². The minimum absolute atomic E-state index is 0.0524. The SMILES string of the molecule is O=C(CC1CC1)NC(CCN1CCC2(CC1)CC(=O)N(Cc1ccc(-n3cccn3)cc1)C2)c1ccccc1. The number of nitrogens with one attached hydrogen (secondary N) is 1. The van der Waals surface area contributed by atoms with E-state index < -0.39 is 0 Å². The lowest BCUT2D eigenvalue weighted by molar-refractivity contribution is -0.128. The molecule has 1 unspecified atom stereocenters. The molecule has 2 aromatic carbocycles. The summed E-state index contributed by atoms with van der Waals surface area (Å²) >= 11 is 0. The monoisotopic (exact) mass is 525 g/mol. The fourth-order valence-corrected chi connectivity index (χ4v) is 6.26. The van der Waals surface area contributed by atoms with E-state index >= 15 is 0 Å². The van der Waals surface area contributed by atoms with Crippen molar-refractivity contribution in [3.63, 3.8) is 0 Å². The molecule has 7 nitrogen and oxygen atoms in total. The quantitative estimate of drug-likeness (QED) is 0.415. The molecule has 3 heterocycles. The molecule has 0 radical (unpaired) electrons. The van der Waals surface area contributed by atoms with Gasteiger partial charge in [0, 0.05) is 44.9 Å². The summed E-state index contributed by atoms with van der Waals surface area (Å²) in [6.45, 7) is 4.50. The van der Waals surface area contributed by atoms with Gasteiger partial charge in [0.05, 0.1) is 11.7 Å². The highest BCUT2D eigenvalue weighted by Gasteiger charge is 2.44. The molecule has 2 saturated heterocycles. The van der Waals surface area contributed by atoms with Crippen molar-refractivity contribution in [3.05, 3.63) is 84.2 Å². The average molecular weight is 526 g/mol. The third kappa shape index (κ3) is 6.41. The van der Waals surface area contributed by atoms with Crippen LogP contribution in [0.4, 0.5) is 0 Å². The van der Waals surface area contributed by atoms with E-state index in [1.54, 1.807) is 6.20 Å². The van der Waals surface area contributed by atoms with Crippen LogP contribution in [-0.2, 0) is 16.1 Å². The molecule has 2 amide bonds. The number of likely N-dealkylation sites (tertiary alicyclic amines) is 2. The maximum atomic E-state index is 13.0. The number of piperidine rings is 1. The number of amides is 2. The second-order valence-electron chi connectivity index (χ2n) is 11.9. The van der Waals surface area contributed by atoms with Gasteiger partial charge in [0.2, 0.25) is 11.8 Å². The third-order valence-electron chi connectivity index (χ3n) is 8.84. The first-order chi connectivity index (χ1) is 19.1. The van der Waals surface area contributed by atoms with E-state index in [4.69, 9.17) is 0 Å². The van der Waals surface area contributed by atoms with Crippen LogP contribution in [0.5, 0.6) is 0 Å². The highest BCUT2D eigenvalue weighted by atomic mass is 16.2. The zero-order valence-corrected chi connectivity index (χ0v) is 22.7. The van der Waals surface area contributed by atoms with Crippen LogP contribution in [0, 0.1) is 11.3 Å². The molecule has 204 valence electrons. The predicted molar refractivity (Wildman–Crippen MR) is 151 cm³/mol. The van der Waals surface area contributed by atoms with Crippen LogP contribution in [-0.4, -0.2) is 57.6 Å². The summed E-state index contributed by atoms with van der Waals surface area (Å²) in [7, 11) is 0. The van der Waals surface area contributed by atoms with E-state index in [0.717, 1.165) is 56.7 Å². The number of nitrogens with zero attached hydrogens (tertiary/aromatic N) is 4. The summed E-state index contributed by atoms with van der Waals surface area (Å²) in [5.41, 5.74) is 3.46. The van der Waals surface area contributed by atoms with Crippen LogP contribution in [0.1, 0.15) is 62.1 Å². The lowest BCUT2D eigenvalue weighted by Crippen LogP contribution is -2.42. The Morgan fingerprint density at radius 2 is 1.79 bits per heavy atom. The highest BCUT2D eigenvalue weighted by molar-refractivity contribution is 5.79. The molecule has 0 bridgehead atoms. The predicted octanol–water partition coefficient (Wildman–Crippen LogP) is 4.73. The average Bonchev–Trinajstić information content (AvgIpc) is 3.48. The van der Waals surface area contributed by atoms with E-state index in [1.165, 1.54) is 18.4 Å². The normalized spacial score (nSPS) is 19.9. The molecule has 3 aliphatic rings. The molecule has 1 aliphatic carbocycles. The van der Waals surface area contributed by atoms with Crippen LogP contribution in [0.25, 0.3) is 5.69 Å². The van der Waals surface area contributed by atoms with Gasteiger partial charge in [-0.2, -0.15) is 5.10 Å². The molecule has 1 spiro atoms. The Morgan fingerprint density at radius 1 is 1.03 bits per heavy atom. The van der Waals surface area contributed by atoms with Gasteiger partial charge in [-0.15, -0.1) is 0 Å². The summed E-state index contributed by atoms with van der Waals surface area (Å²) in [6, 6.07) is 20.7.